The summed E-state index contributed by atoms with van der Waals surface area (Å²) in [6.45, 7) is -0.252. The second-order valence-corrected chi connectivity index (χ2v) is 4.88. The van der Waals surface area contributed by atoms with Gasteiger partial charge in [-0.1, -0.05) is 17.7 Å². The Hall–Kier alpha value is -2.48. The van der Waals surface area contributed by atoms with Crippen LogP contribution in [0.4, 0.5) is 18.9 Å². The Morgan fingerprint density at radius 3 is 2.65 bits per heavy atom. The predicted octanol–water partition coefficient (Wildman–Crippen LogP) is 3.96. The number of alkyl halides is 2. The number of hydrogen-bond donors (Lipinski definition) is 0. The first-order valence-corrected chi connectivity index (χ1v) is 6.75. The lowest BCUT2D eigenvalue weighted by Crippen LogP contribution is -2.15. The fourth-order valence-corrected chi connectivity index (χ4v) is 2.03. The van der Waals surface area contributed by atoms with Gasteiger partial charge in [-0.05, 0) is 12.1 Å². The summed E-state index contributed by atoms with van der Waals surface area (Å²) >= 11 is 5.68. The van der Waals surface area contributed by atoms with Crippen LogP contribution < -0.4 is 9.64 Å². The summed E-state index contributed by atoms with van der Waals surface area (Å²) in [5.74, 6) is -1.14. The molecule has 2 aromatic rings. The van der Waals surface area contributed by atoms with E-state index in [1.807, 2.05) is 0 Å². The topological polar surface area (TPSA) is 47.5 Å². The van der Waals surface area contributed by atoms with Crippen molar-refractivity contribution in [1.82, 2.24) is 9.97 Å². The average molecular weight is 344 g/mol. The minimum atomic E-state index is -2.78. The molecule has 0 saturated heterocycles. The van der Waals surface area contributed by atoms with Crippen LogP contribution >= 0.6 is 11.6 Å². The highest BCUT2D eigenvalue weighted by atomic mass is 35.5. The van der Waals surface area contributed by atoms with Crippen LogP contribution in [-0.2, 0) is 4.74 Å². The average Bonchev–Trinajstić information content (AvgIpc) is 2.99. The molecule has 0 fully saturated rings. The number of ether oxygens (including phenoxy) is 2. The molecule has 9 heteroatoms. The lowest BCUT2D eigenvalue weighted by atomic mass is 10.2. The van der Waals surface area contributed by atoms with Crippen LogP contribution in [0.15, 0.2) is 42.6 Å². The van der Waals surface area contributed by atoms with Crippen molar-refractivity contribution in [2.24, 2.45) is 0 Å². The summed E-state index contributed by atoms with van der Waals surface area (Å²) in [7, 11) is 0. The quantitative estimate of drug-likeness (QED) is 0.841. The van der Waals surface area contributed by atoms with E-state index in [9.17, 15) is 13.2 Å². The molecule has 1 aromatic carbocycles. The molecule has 0 radical (unpaired) electrons. The van der Waals surface area contributed by atoms with Gasteiger partial charge in [0.1, 0.15) is 5.69 Å². The van der Waals surface area contributed by atoms with Crippen molar-refractivity contribution >= 4 is 17.3 Å². The van der Waals surface area contributed by atoms with Gasteiger partial charge in [0.15, 0.2) is 24.1 Å². The van der Waals surface area contributed by atoms with Crippen LogP contribution in [0.2, 0.25) is 5.02 Å². The zero-order chi connectivity index (χ0) is 16.4. The van der Waals surface area contributed by atoms with Crippen molar-refractivity contribution in [3.63, 3.8) is 0 Å². The zero-order valence-corrected chi connectivity index (χ0v) is 12.2. The van der Waals surface area contributed by atoms with Gasteiger partial charge in [-0.25, -0.2) is 23.1 Å². The Bertz CT molecular complexity index is 741. The standard InChI is InChI=1S/C14H9ClF3N3O2/c15-8-4-19-14(20-5-8)23-10-3-1-2-9(16)12(10)21-6-11(13(17)18)22-7-21/h1-6,13H,7H2. The minimum absolute atomic E-state index is 0.0540. The molecule has 0 N–H and O–H groups in total. The van der Waals surface area contributed by atoms with Gasteiger partial charge in [-0.3, -0.25) is 0 Å². The molecule has 0 atom stereocenters. The molecule has 1 aromatic heterocycles. The van der Waals surface area contributed by atoms with Gasteiger partial charge in [0.25, 0.3) is 6.43 Å². The summed E-state index contributed by atoms with van der Waals surface area (Å²) in [6.07, 6.45) is 0.877. The first-order chi connectivity index (χ1) is 11.0. The number of rotatable bonds is 4. The third-order valence-corrected chi connectivity index (χ3v) is 3.10. The highest BCUT2D eigenvalue weighted by Crippen LogP contribution is 2.36. The highest BCUT2D eigenvalue weighted by Gasteiger charge is 2.26. The maximum absolute atomic E-state index is 14.1. The number of halogens is 4. The summed E-state index contributed by atoms with van der Waals surface area (Å²) < 4.78 is 49.7. The van der Waals surface area contributed by atoms with Gasteiger partial charge in [0, 0.05) is 0 Å². The third-order valence-electron chi connectivity index (χ3n) is 2.90. The van der Waals surface area contributed by atoms with Gasteiger partial charge in [0.05, 0.1) is 23.6 Å². The zero-order valence-electron chi connectivity index (χ0n) is 11.4. The smallest absolute Gasteiger partial charge is 0.322 e. The van der Waals surface area contributed by atoms with Crippen LogP contribution in [0.1, 0.15) is 0 Å². The second kappa shape index (κ2) is 6.33. The molecule has 0 bridgehead atoms. The van der Waals surface area contributed by atoms with Crippen molar-refractivity contribution in [3.8, 4) is 11.8 Å². The molecule has 0 spiro atoms. The van der Waals surface area contributed by atoms with Gasteiger partial charge in [0.2, 0.25) is 0 Å². The van der Waals surface area contributed by atoms with E-state index in [0.29, 0.717) is 5.02 Å². The maximum atomic E-state index is 14.1. The molecule has 23 heavy (non-hydrogen) atoms. The molecule has 1 aliphatic rings. The molecule has 1 aliphatic heterocycles. The van der Waals surface area contributed by atoms with Crippen LogP contribution in [0.5, 0.6) is 11.8 Å². The van der Waals surface area contributed by atoms with E-state index in [-0.39, 0.29) is 24.2 Å². The van der Waals surface area contributed by atoms with E-state index in [2.05, 4.69) is 9.97 Å². The lowest BCUT2D eigenvalue weighted by Gasteiger charge is -2.18. The van der Waals surface area contributed by atoms with E-state index in [1.165, 1.54) is 35.5 Å². The number of anilines is 1. The van der Waals surface area contributed by atoms with Gasteiger partial charge >= 0.3 is 6.01 Å². The van der Waals surface area contributed by atoms with Crippen molar-refractivity contribution < 1.29 is 22.6 Å². The molecule has 0 saturated carbocycles. The Labute approximate surface area is 133 Å². The van der Waals surface area contributed by atoms with Crippen molar-refractivity contribution in [3.05, 3.63) is 53.4 Å². The molecule has 2 heterocycles. The first kappa shape index (κ1) is 15.4. The summed E-state index contributed by atoms with van der Waals surface area (Å²) in [6, 6.07) is 4.00. The van der Waals surface area contributed by atoms with Crippen molar-refractivity contribution in [1.29, 1.82) is 0 Å². The Kier molecular flexibility index (Phi) is 4.24. The van der Waals surface area contributed by atoms with Crippen molar-refractivity contribution in [2.75, 3.05) is 11.6 Å². The molecule has 0 unspecified atom stereocenters. The summed E-state index contributed by atoms with van der Waals surface area (Å²) in [4.78, 5) is 8.87. The number of allylic oxidation sites excluding steroid dienone is 1. The van der Waals surface area contributed by atoms with Gasteiger partial charge in [-0.2, -0.15) is 0 Å². The van der Waals surface area contributed by atoms with E-state index >= 15 is 0 Å². The number of para-hydroxylation sites is 1. The van der Waals surface area contributed by atoms with Crippen LogP contribution in [0, 0.1) is 5.82 Å². The predicted molar refractivity (Wildman–Crippen MR) is 76.0 cm³/mol. The second-order valence-electron chi connectivity index (χ2n) is 4.45. The number of benzene rings is 1. The SMILES string of the molecule is Fc1cccc(Oc2ncc(Cl)cn2)c1N1C=C(C(F)F)OC1. The molecule has 120 valence electrons. The minimum Gasteiger partial charge on any atom is -0.470 e. The monoisotopic (exact) mass is 343 g/mol. The fourth-order valence-electron chi connectivity index (χ4n) is 1.93. The summed E-state index contributed by atoms with van der Waals surface area (Å²) in [5, 5.41) is 0.314. The number of hydrogen-bond acceptors (Lipinski definition) is 5. The van der Waals surface area contributed by atoms with E-state index in [4.69, 9.17) is 21.1 Å². The fraction of sp³-hybridized carbons (Fsp3) is 0.143. The van der Waals surface area contributed by atoms with Crippen molar-refractivity contribution in [2.45, 2.75) is 6.43 Å². The summed E-state index contributed by atoms with van der Waals surface area (Å²) in [5.41, 5.74) is -0.0540. The highest BCUT2D eigenvalue weighted by molar-refractivity contribution is 6.30. The molecular formula is C14H9ClF3N3O2. The third kappa shape index (κ3) is 3.31. The van der Waals surface area contributed by atoms with Crippen LogP contribution in [0.25, 0.3) is 0 Å². The van der Waals surface area contributed by atoms with Crippen LogP contribution in [0.3, 0.4) is 0 Å². The van der Waals surface area contributed by atoms with Crippen LogP contribution in [-0.4, -0.2) is 23.1 Å². The number of aromatic nitrogens is 2. The van der Waals surface area contributed by atoms with E-state index < -0.39 is 18.0 Å². The Morgan fingerprint density at radius 2 is 2.00 bits per heavy atom. The van der Waals surface area contributed by atoms with Gasteiger partial charge in [-0.15, -0.1) is 0 Å². The normalized spacial score (nSPS) is 14.0. The molecule has 3 rings (SSSR count). The van der Waals surface area contributed by atoms with E-state index in [0.717, 1.165) is 6.20 Å². The Morgan fingerprint density at radius 1 is 1.26 bits per heavy atom. The molecule has 5 nitrogen and oxygen atoms in total. The lowest BCUT2D eigenvalue weighted by molar-refractivity contribution is 0.0977. The maximum Gasteiger partial charge on any atom is 0.322 e. The largest absolute Gasteiger partial charge is 0.470 e. The molecular weight excluding hydrogens is 335 g/mol. The Balaban J connectivity index is 1.93. The van der Waals surface area contributed by atoms with E-state index in [1.54, 1.807) is 0 Å². The number of nitrogens with zero attached hydrogens (tertiary/aromatic N) is 3. The molecule has 0 amide bonds. The van der Waals surface area contributed by atoms with Gasteiger partial charge < -0.3 is 14.4 Å². The molecule has 0 aliphatic carbocycles. The first-order valence-electron chi connectivity index (χ1n) is 6.38.